The molecule has 1 fully saturated rings. The van der Waals surface area contributed by atoms with E-state index in [1.807, 2.05) is 13.0 Å². The predicted octanol–water partition coefficient (Wildman–Crippen LogP) is 4.28. The lowest BCUT2D eigenvalue weighted by Crippen LogP contribution is -2.48. The molecule has 1 amide bonds. The summed E-state index contributed by atoms with van der Waals surface area (Å²) < 4.78 is 16.7. The average Bonchev–Trinajstić information content (AvgIpc) is 3.39. The number of carbonyl (C=O) groups is 1. The molecule has 1 aliphatic carbocycles. The van der Waals surface area contributed by atoms with Gasteiger partial charge in [-0.1, -0.05) is 12.5 Å². The van der Waals surface area contributed by atoms with Crippen LogP contribution in [0.25, 0.3) is 0 Å². The second-order valence-corrected chi connectivity index (χ2v) is 10.5. The third-order valence-electron chi connectivity index (χ3n) is 7.34. The zero-order valence-electron chi connectivity index (χ0n) is 19.6. The molecule has 1 unspecified atom stereocenters. The van der Waals surface area contributed by atoms with Crippen LogP contribution in [-0.4, -0.2) is 38.5 Å². The van der Waals surface area contributed by atoms with Crippen molar-refractivity contribution in [2.45, 2.75) is 63.3 Å². The Kier molecular flexibility index (Phi) is 6.77. The SMILES string of the molecule is CC(NCC1(c2ccc3c(c2)OCO3)CCOCC1)C(=O)Nc1sc2c(c1C#N)CCCCC2. The van der Waals surface area contributed by atoms with Crippen molar-refractivity contribution in [3.05, 3.63) is 39.8 Å². The molecular formula is C26H31N3O4S. The van der Waals surface area contributed by atoms with Crippen LogP contribution in [0.2, 0.25) is 0 Å². The fraction of sp³-hybridized carbons (Fsp3) is 0.538. The standard InChI is InChI=1S/C26H31N3O4S/c1-17(24(30)29-25-20(14-27)19-5-3-2-4-6-23(19)34-25)28-15-26(9-11-31-12-10-26)18-7-8-21-22(13-18)33-16-32-21/h7-8,13,17,28H,2-6,9-12,15-16H2,1H3,(H,29,30). The van der Waals surface area contributed by atoms with Crippen molar-refractivity contribution in [1.82, 2.24) is 5.32 Å². The highest BCUT2D eigenvalue weighted by Gasteiger charge is 2.36. The molecule has 1 aromatic heterocycles. The molecule has 5 rings (SSSR count). The molecule has 7 nitrogen and oxygen atoms in total. The number of thiophene rings is 1. The maximum atomic E-state index is 13.1. The van der Waals surface area contributed by atoms with E-state index in [1.165, 1.54) is 16.9 Å². The number of anilines is 1. The number of fused-ring (bicyclic) bond motifs is 2. The highest BCUT2D eigenvalue weighted by Crippen LogP contribution is 2.41. The van der Waals surface area contributed by atoms with Crippen LogP contribution in [-0.2, 0) is 27.8 Å². The molecule has 2 N–H and O–H groups in total. The predicted molar refractivity (Wildman–Crippen MR) is 131 cm³/mol. The minimum atomic E-state index is -0.401. The van der Waals surface area contributed by atoms with Crippen LogP contribution < -0.4 is 20.1 Å². The Morgan fingerprint density at radius 3 is 2.79 bits per heavy atom. The number of hydrogen-bond acceptors (Lipinski definition) is 7. The molecular weight excluding hydrogens is 450 g/mol. The summed E-state index contributed by atoms with van der Waals surface area (Å²) in [7, 11) is 0. The molecule has 3 aliphatic rings. The van der Waals surface area contributed by atoms with E-state index in [9.17, 15) is 10.1 Å². The number of amides is 1. The van der Waals surface area contributed by atoms with Gasteiger partial charge >= 0.3 is 0 Å². The molecule has 0 bridgehead atoms. The second kappa shape index (κ2) is 9.95. The van der Waals surface area contributed by atoms with Crippen LogP contribution in [0.1, 0.15) is 60.6 Å². The van der Waals surface area contributed by atoms with Gasteiger partial charge in [-0.3, -0.25) is 4.79 Å². The average molecular weight is 482 g/mol. The summed E-state index contributed by atoms with van der Waals surface area (Å²) in [5, 5.41) is 17.0. The molecule has 3 heterocycles. The lowest BCUT2D eigenvalue weighted by Gasteiger charge is -2.38. The van der Waals surface area contributed by atoms with E-state index in [-0.39, 0.29) is 18.1 Å². The number of rotatable bonds is 6. The number of benzene rings is 1. The van der Waals surface area contributed by atoms with Gasteiger partial charge in [0.1, 0.15) is 11.1 Å². The monoisotopic (exact) mass is 481 g/mol. The van der Waals surface area contributed by atoms with E-state index < -0.39 is 6.04 Å². The highest BCUT2D eigenvalue weighted by molar-refractivity contribution is 7.16. The number of nitrogens with zero attached hydrogens (tertiary/aromatic N) is 1. The maximum Gasteiger partial charge on any atom is 0.241 e. The van der Waals surface area contributed by atoms with Gasteiger partial charge in [0, 0.05) is 30.1 Å². The topological polar surface area (TPSA) is 92.6 Å². The van der Waals surface area contributed by atoms with Gasteiger partial charge < -0.3 is 24.8 Å². The number of nitrogens with one attached hydrogen (secondary N) is 2. The van der Waals surface area contributed by atoms with Crippen molar-refractivity contribution in [2.24, 2.45) is 0 Å². The Morgan fingerprint density at radius 2 is 1.97 bits per heavy atom. The van der Waals surface area contributed by atoms with Gasteiger partial charge in [0.15, 0.2) is 11.5 Å². The van der Waals surface area contributed by atoms with Crippen molar-refractivity contribution < 1.29 is 19.0 Å². The first-order valence-electron chi connectivity index (χ1n) is 12.2. The van der Waals surface area contributed by atoms with Crippen molar-refractivity contribution >= 4 is 22.2 Å². The number of ether oxygens (including phenoxy) is 3. The third kappa shape index (κ3) is 4.52. The Bertz CT molecular complexity index is 1100. The van der Waals surface area contributed by atoms with Gasteiger partial charge in [-0.25, -0.2) is 0 Å². The zero-order valence-corrected chi connectivity index (χ0v) is 20.4. The molecule has 34 heavy (non-hydrogen) atoms. The minimum absolute atomic E-state index is 0.110. The smallest absolute Gasteiger partial charge is 0.241 e. The summed E-state index contributed by atoms with van der Waals surface area (Å²) in [6.07, 6.45) is 7.11. The number of aryl methyl sites for hydroxylation is 1. The molecule has 180 valence electrons. The van der Waals surface area contributed by atoms with Gasteiger partial charge in [0.25, 0.3) is 0 Å². The van der Waals surface area contributed by atoms with Gasteiger partial charge in [0.2, 0.25) is 12.7 Å². The quantitative estimate of drug-likeness (QED) is 0.598. The highest BCUT2D eigenvalue weighted by atomic mass is 32.1. The maximum absolute atomic E-state index is 13.1. The molecule has 2 aromatic rings. The Hall–Kier alpha value is -2.60. The molecule has 1 saturated heterocycles. The van der Waals surface area contributed by atoms with Crippen molar-refractivity contribution in [3.63, 3.8) is 0 Å². The van der Waals surface area contributed by atoms with Gasteiger partial charge in [-0.2, -0.15) is 5.26 Å². The van der Waals surface area contributed by atoms with Crippen LogP contribution >= 0.6 is 11.3 Å². The number of carbonyl (C=O) groups excluding carboxylic acids is 1. The summed E-state index contributed by atoms with van der Waals surface area (Å²) in [6.45, 7) is 4.15. The van der Waals surface area contributed by atoms with Crippen LogP contribution in [0, 0.1) is 11.3 Å². The van der Waals surface area contributed by atoms with Crippen molar-refractivity contribution in [3.8, 4) is 17.6 Å². The van der Waals surface area contributed by atoms with E-state index in [1.54, 1.807) is 11.3 Å². The Morgan fingerprint density at radius 1 is 1.18 bits per heavy atom. The lowest BCUT2D eigenvalue weighted by molar-refractivity contribution is -0.117. The van der Waals surface area contributed by atoms with Gasteiger partial charge in [-0.05, 0) is 68.7 Å². The molecule has 2 aliphatic heterocycles. The number of nitriles is 1. The molecule has 0 spiro atoms. The minimum Gasteiger partial charge on any atom is -0.454 e. The van der Waals surface area contributed by atoms with Gasteiger partial charge in [-0.15, -0.1) is 11.3 Å². The second-order valence-electron chi connectivity index (χ2n) is 9.43. The first kappa shape index (κ1) is 23.2. The van der Waals surface area contributed by atoms with Crippen LogP contribution in [0.3, 0.4) is 0 Å². The van der Waals surface area contributed by atoms with Gasteiger partial charge in [0.05, 0.1) is 11.6 Å². The zero-order chi connectivity index (χ0) is 23.5. The Balaban J connectivity index is 1.28. The van der Waals surface area contributed by atoms with E-state index >= 15 is 0 Å². The summed E-state index contributed by atoms with van der Waals surface area (Å²) in [5.41, 5.74) is 2.83. The van der Waals surface area contributed by atoms with Crippen LogP contribution in [0.15, 0.2) is 18.2 Å². The largest absolute Gasteiger partial charge is 0.454 e. The Labute approximate surface area is 204 Å². The summed E-state index contributed by atoms with van der Waals surface area (Å²) in [5.74, 6) is 1.44. The normalized spacial score (nSPS) is 19.5. The fourth-order valence-electron chi connectivity index (χ4n) is 5.17. The lowest BCUT2D eigenvalue weighted by atomic mass is 9.74. The third-order valence-corrected chi connectivity index (χ3v) is 8.55. The number of hydrogen-bond donors (Lipinski definition) is 2. The molecule has 0 saturated carbocycles. The van der Waals surface area contributed by atoms with E-state index in [4.69, 9.17) is 14.2 Å². The first-order chi connectivity index (χ1) is 16.6. The molecule has 8 heteroatoms. The van der Waals surface area contributed by atoms with Crippen molar-refractivity contribution in [2.75, 3.05) is 31.9 Å². The molecule has 1 aromatic carbocycles. The van der Waals surface area contributed by atoms with Crippen molar-refractivity contribution in [1.29, 1.82) is 5.26 Å². The fourth-order valence-corrected chi connectivity index (χ4v) is 6.41. The molecule has 1 atom stereocenters. The summed E-state index contributed by atoms with van der Waals surface area (Å²) in [6, 6.07) is 8.08. The van der Waals surface area contributed by atoms with E-state index in [0.717, 1.165) is 55.6 Å². The van der Waals surface area contributed by atoms with Crippen LogP contribution in [0.4, 0.5) is 5.00 Å². The van der Waals surface area contributed by atoms with Crippen LogP contribution in [0.5, 0.6) is 11.5 Å². The first-order valence-corrected chi connectivity index (χ1v) is 13.0. The summed E-state index contributed by atoms with van der Waals surface area (Å²) in [4.78, 5) is 14.3. The molecule has 0 radical (unpaired) electrons. The van der Waals surface area contributed by atoms with E-state index in [0.29, 0.717) is 30.3 Å². The van der Waals surface area contributed by atoms with E-state index in [2.05, 4.69) is 28.8 Å². The summed E-state index contributed by atoms with van der Waals surface area (Å²) >= 11 is 1.57.